The summed E-state index contributed by atoms with van der Waals surface area (Å²) in [6.45, 7) is 15.3. The Morgan fingerprint density at radius 2 is 1.43 bits per heavy atom. The van der Waals surface area contributed by atoms with Crippen LogP contribution in [0.3, 0.4) is 0 Å². The van der Waals surface area contributed by atoms with Gasteiger partial charge in [0.2, 0.25) is 0 Å². The summed E-state index contributed by atoms with van der Waals surface area (Å²) in [5, 5.41) is 4.41. The number of carbonyl (C=O) groups excluding carboxylic acids is 1. The van der Waals surface area contributed by atoms with Gasteiger partial charge in [-0.25, -0.2) is 9.36 Å². The Bertz CT molecular complexity index is 2050. The van der Waals surface area contributed by atoms with Crippen molar-refractivity contribution in [2.45, 2.75) is 71.9 Å². The van der Waals surface area contributed by atoms with Crippen molar-refractivity contribution >= 4 is 57.1 Å². The number of fused-ring (bicyclic) bond motifs is 2. The van der Waals surface area contributed by atoms with Gasteiger partial charge in [-0.2, -0.15) is 0 Å². The molecule has 4 aromatic carbocycles. The number of benzene rings is 4. The summed E-state index contributed by atoms with van der Waals surface area (Å²) in [6, 6.07) is 36.0. The van der Waals surface area contributed by atoms with Gasteiger partial charge in [-0.15, -0.1) is 11.3 Å². The Hall–Kier alpha value is -4.17. The quantitative estimate of drug-likeness (QED) is 0.142. The molecule has 6 aromatic rings. The van der Waals surface area contributed by atoms with E-state index in [4.69, 9.17) is 13.9 Å². The van der Waals surface area contributed by atoms with Crippen molar-refractivity contribution in [1.82, 2.24) is 4.57 Å². The lowest BCUT2D eigenvalue weighted by atomic mass is 10.0. The Labute approximate surface area is 295 Å². The first kappa shape index (κ1) is 34.7. The molecule has 0 fully saturated rings. The van der Waals surface area contributed by atoms with Gasteiger partial charge in [0.15, 0.2) is 0 Å². The lowest BCUT2D eigenvalue weighted by molar-refractivity contribution is 0.0547. The summed E-state index contributed by atoms with van der Waals surface area (Å²) < 4.78 is 22.4. The average Bonchev–Trinajstić information content (AvgIpc) is 3.64. The van der Waals surface area contributed by atoms with Gasteiger partial charge >= 0.3 is 6.09 Å². The molecule has 0 atom stereocenters. The second kappa shape index (κ2) is 13.6. The van der Waals surface area contributed by atoms with Crippen LogP contribution in [0.2, 0.25) is 5.04 Å². The molecule has 0 spiro atoms. The van der Waals surface area contributed by atoms with Gasteiger partial charge in [-0.1, -0.05) is 107 Å². The minimum atomic E-state index is -2.77. The molecule has 0 amide bonds. The van der Waals surface area contributed by atoms with Crippen LogP contribution in [0.4, 0.5) is 4.79 Å². The number of methoxy groups -OCH3 is 1. The molecule has 0 aliphatic heterocycles. The van der Waals surface area contributed by atoms with Crippen LogP contribution in [0.1, 0.15) is 59.6 Å². The number of rotatable bonds is 9. The molecule has 0 aliphatic carbocycles. The van der Waals surface area contributed by atoms with E-state index in [-0.39, 0.29) is 5.04 Å². The van der Waals surface area contributed by atoms with E-state index in [0.29, 0.717) is 13.0 Å². The largest absolute Gasteiger partial charge is 0.496 e. The molecule has 0 bridgehead atoms. The van der Waals surface area contributed by atoms with Crippen LogP contribution in [0, 0.1) is 0 Å². The highest BCUT2D eigenvalue weighted by molar-refractivity contribution is 7.22. The zero-order chi connectivity index (χ0) is 35.0. The maximum absolute atomic E-state index is 14.0. The summed E-state index contributed by atoms with van der Waals surface area (Å²) in [6.07, 6.45) is 1.14. The molecular formula is C42H47NO4SSi. The Morgan fingerprint density at radius 1 is 0.816 bits per heavy atom. The normalized spacial score (nSPS) is 12.5. The van der Waals surface area contributed by atoms with Crippen LogP contribution in [-0.4, -0.2) is 38.3 Å². The molecule has 5 nitrogen and oxygen atoms in total. The van der Waals surface area contributed by atoms with Crippen molar-refractivity contribution in [2.24, 2.45) is 0 Å². The van der Waals surface area contributed by atoms with Gasteiger partial charge in [0.25, 0.3) is 8.32 Å². The Kier molecular flexibility index (Phi) is 9.64. The molecule has 0 radical (unpaired) electrons. The van der Waals surface area contributed by atoms with Crippen LogP contribution in [0.5, 0.6) is 5.75 Å². The monoisotopic (exact) mass is 689 g/mol. The second-order valence-corrected chi connectivity index (χ2v) is 20.0. The fourth-order valence-electron chi connectivity index (χ4n) is 7.01. The fourth-order valence-corrected chi connectivity index (χ4v) is 12.9. The lowest BCUT2D eigenvalue weighted by Gasteiger charge is -2.43. The number of para-hydroxylation sites is 1. The molecule has 7 heteroatoms. The minimum Gasteiger partial charge on any atom is -0.496 e. The fraction of sp³-hybridized carbons (Fsp3) is 0.310. The van der Waals surface area contributed by atoms with Crippen LogP contribution >= 0.6 is 11.3 Å². The highest BCUT2D eigenvalue weighted by Gasteiger charge is 2.50. The number of carbonyl (C=O) groups is 1. The number of hydrogen-bond acceptors (Lipinski definition) is 5. The van der Waals surface area contributed by atoms with Crippen molar-refractivity contribution < 1.29 is 18.7 Å². The zero-order valence-corrected chi connectivity index (χ0v) is 31.7. The Morgan fingerprint density at radius 3 is 2.00 bits per heavy atom. The van der Waals surface area contributed by atoms with E-state index in [1.807, 2.05) is 39.0 Å². The van der Waals surface area contributed by atoms with E-state index < -0.39 is 20.0 Å². The van der Waals surface area contributed by atoms with Gasteiger partial charge in [-0.3, -0.25) is 0 Å². The summed E-state index contributed by atoms with van der Waals surface area (Å²) in [5.41, 5.74) is 3.31. The van der Waals surface area contributed by atoms with Crippen LogP contribution in [-0.2, 0) is 22.0 Å². The number of aromatic nitrogens is 1. The predicted octanol–water partition coefficient (Wildman–Crippen LogP) is 10.00. The average molecular weight is 690 g/mol. The van der Waals surface area contributed by atoms with E-state index in [0.717, 1.165) is 49.3 Å². The highest BCUT2D eigenvalue weighted by Crippen LogP contribution is 2.46. The van der Waals surface area contributed by atoms with Crippen LogP contribution in [0.25, 0.3) is 31.6 Å². The van der Waals surface area contributed by atoms with Crippen molar-refractivity contribution in [2.75, 3.05) is 13.7 Å². The molecule has 2 aromatic heterocycles. The van der Waals surface area contributed by atoms with Crippen molar-refractivity contribution in [3.8, 4) is 16.3 Å². The lowest BCUT2D eigenvalue weighted by Crippen LogP contribution is -2.66. The van der Waals surface area contributed by atoms with E-state index in [1.165, 1.54) is 15.9 Å². The highest BCUT2D eigenvalue weighted by atomic mass is 32.1. The van der Waals surface area contributed by atoms with Crippen molar-refractivity contribution in [3.63, 3.8) is 0 Å². The molecule has 0 unspecified atom stereocenters. The molecule has 254 valence electrons. The first-order valence-corrected chi connectivity index (χ1v) is 19.8. The smallest absolute Gasteiger partial charge is 0.419 e. The molecule has 0 saturated carbocycles. The molecule has 2 heterocycles. The molecule has 0 N–H and O–H groups in total. The summed E-state index contributed by atoms with van der Waals surface area (Å²) >= 11 is 1.70. The summed E-state index contributed by atoms with van der Waals surface area (Å²) in [5.74, 6) is 0.845. The van der Waals surface area contributed by atoms with E-state index in [9.17, 15) is 4.79 Å². The van der Waals surface area contributed by atoms with Gasteiger partial charge in [-0.05, 0) is 84.4 Å². The molecule has 0 aliphatic rings. The maximum atomic E-state index is 14.0. The number of ether oxygens (including phenoxy) is 2. The topological polar surface area (TPSA) is 49.7 Å². The van der Waals surface area contributed by atoms with Crippen molar-refractivity contribution in [3.05, 3.63) is 114 Å². The molecular weight excluding hydrogens is 643 g/mol. The standard InChI is InChI=1S/C42H47NO4SSi/c1-9-29-26-36(45-8)38-33(24-25-46-49(42(5,6)7,31-19-12-10-13-20-31)32-21-14-11-15-22-32)39(48-37(38)27-29)35-28-30-18-16-17-23-34(30)43(35)40(44)47-41(2,3)4/h10-23,26-28H,9,24-25H2,1-8H3. The van der Waals surface area contributed by atoms with Gasteiger partial charge in [0, 0.05) is 22.1 Å². The third-order valence-electron chi connectivity index (χ3n) is 9.15. The SMILES string of the molecule is CCc1cc(OC)c2c(CCO[Si](c3ccccc3)(c3ccccc3)C(C)(C)C)c(-c3cc4ccccc4n3C(=O)OC(C)(C)C)sc2c1. The predicted molar refractivity (Wildman–Crippen MR) is 208 cm³/mol. The van der Waals surface area contributed by atoms with E-state index >= 15 is 0 Å². The maximum Gasteiger partial charge on any atom is 0.419 e. The number of nitrogens with zero attached hydrogens (tertiary/aromatic N) is 1. The molecule has 0 saturated heterocycles. The van der Waals surface area contributed by atoms with Gasteiger partial charge in [0.1, 0.15) is 11.4 Å². The van der Waals surface area contributed by atoms with E-state index in [2.05, 4.69) is 113 Å². The summed E-state index contributed by atoms with van der Waals surface area (Å²) in [7, 11) is -1.03. The number of aryl methyl sites for hydroxylation is 1. The van der Waals surface area contributed by atoms with Gasteiger partial charge < -0.3 is 13.9 Å². The van der Waals surface area contributed by atoms with Gasteiger partial charge in [0.05, 0.1) is 23.2 Å². The van der Waals surface area contributed by atoms with E-state index in [1.54, 1.807) is 23.0 Å². The van der Waals surface area contributed by atoms with Crippen molar-refractivity contribution in [1.29, 1.82) is 0 Å². The molecule has 6 rings (SSSR count). The third kappa shape index (κ3) is 6.59. The molecule has 49 heavy (non-hydrogen) atoms. The minimum absolute atomic E-state index is 0.147. The number of hydrogen-bond donors (Lipinski definition) is 0. The number of thiophene rings is 1. The second-order valence-electron chi connectivity index (χ2n) is 14.6. The van der Waals surface area contributed by atoms with Crippen LogP contribution in [0.15, 0.2) is 103 Å². The summed E-state index contributed by atoms with van der Waals surface area (Å²) in [4.78, 5) is 15.0. The first-order chi connectivity index (χ1) is 23.4. The first-order valence-electron chi connectivity index (χ1n) is 17.1. The Balaban J connectivity index is 1.54. The third-order valence-corrected chi connectivity index (χ3v) is 15.4. The zero-order valence-electron chi connectivity index (χ0n) is 29.9. The van der Waals surface area contributed by atoms with Crippen LogP contribution < -0.4 is 15.1 Å².